The molecular weight excluding hydrogens is 235 g/mol. The first kappa shape index (κ1) is 11.1. The molecule has 1 aliphatic rings. The topological polar surface area (TPSA) is 57.2 Å². The van der Waals surface area contributed by atoms with Crippen molar-refractivity contribution in [2.24, 2.45) is 0 Å². The lowest BCUT2D eigenvalue weighted by molar-refractivity contribution is 0.416. The van der Waals surface area contributed by atoms with Gasteiger partial charge in [0, 0.05) is 18.3 Å². The highest BCUT2D eigenvalue weighted by Gasteiger charge is 2.27. The van der Waals surface area contributed by atoms with Crippen LogP contribution in [0.3, 0.4) is 0 Å². The van der Waals surface area contributed by atoms with Gasteiger partial charge in [0.15, 0.2) is 17.0 Å². The second-order valence-electron chi connectivity index (χ2n) is 4.52. The second kappa shape index (κ2) is 3.73. The predicted molar refractivity (Wildman–Crippen MR) is 67.4 cm³/mol. The van der Waals surface area contributed by atoms with Gasteiger partial charge in [0.2, 0.25) is 0 Å². The molecule has 4 nitrogen and oxygen atoms in total. The molecule has 0 radical (unpaired) electrons. The van der Waals surface area contributed by atoms with Gasteiger partial charge in [-0.1, -0.05) is 0 Å². The van der Waals surface area contributed by atoms with Crippen LogP contribution in [-0.2, 0) is 0 Å². The van der Waals surface area contributed by atoms with Gasteiger partial charge in [-0.25, -0.2) is 4.39 Å². The molecule has 0 unspecified atom stereocenters. The van der Waals surface area contributed by atoms with Crippen LogP contribution in [0.1, 0.15) is 18.9 Å². The predicted octanol–water partition coefficient (Wildman–Crippen LogP) is 2.07. The molecule has 0 amide bonds. The van der Waals surface area contributed by atoms with Crippen LogP contribution >= 0.6 is 0 Å². The molecule has 0 atom stereocenters. The van der Waals surface area contributed by atoms with E-state index in [0.29, 0.717) is 16.9 Å². The number of fused-ring (bicyclic) bond motifs is 1. The fraction of sp³-hybridized carbons (Fsp3) is 0.308. The molecule has 18 heavy (non-hydrogen) atoms. The molecule has 2 N–H and O–H groups in total. The highest BCUT2D eigenvalue weighted by atomic mass is 19.1. The van der Waals surface area contributed by atoms with E-state index in [4.69, 9.17) is 10.5 Å². The molecule has 94 valence electrons. The van der Waals surface area contributed by atoms with Gasteiger partial charge in [-0.2, -0.15) is 0 Å². The van der Waals surface area contributed by atoms with E-state index in [9.17, 15) is 9.18 Å². The van der Waals surface area contributed by atoms with Crippen molar-refractivity contribution in [2.45, 2.75) is 18.9 Å². The van der Waals surface area contributed by atoms with Crippen molar-refractivity contribution in [1.82, 2.24) is 4.57 Å². The smallest absolute Gasteiger partial charge is 0.189 e. The van der Waals surface area contributed by atoms with Gasteiger partial charge >= 0.3 is 0 Å². The van der Waals surface area contributed by atoms with E-state index < -0.39 is 5.82 Å². The number of nitrogens with two attached hydrogens (primary N) is 1. The summed E-state index contributed by atoms with van der Waals surface area (Å²) < 4.78 is 20.8. The van der Waals surface area contributed by atoms with Gasteiger partial charge in [-0.05, 0) is 18.9 Å². The number of hydrogen-bond donors (Lipinski definition) is 1. The largest absolute Gasteiger partial charge is 0.492 e. The fourth-order valence-electron chi connectivity index (χ4n) is 2.25. The van der Waals surface area contributed by atoms with Crippen LogP contribution in [-0.4, -0.2) is 11.7 Å². The van der Waals surface area contributed by atoms with Crippen molar-refractivity contribution in [3.8, 4) is 5.75 Å². The third kappa shape index (κ3) is 1.47. The summed E-state index contributed by atoms with van der Waals surface area (Å²) in [5.41, 5.74) is 6.00. The molecule has 0 saturated heterocycles. The van der Waals surface area contributed by atoms with Gasteiger partial charge in [0.1, 0.15) is 5.69 Å². The zero-order valence-electron chi connectivity index (χ0n) is 9.94. The maximum atomic E-state index is 13.7. The summed E-state index contributed by atoms with van der Waals surface area (Å²) >= 11 is 0. The van der Waals surface area contributed by atoms with E-state index in [1.54, 1.807) is 6.20 Å². The average molecular weight is 248 g/mol. The van der Waals surface area contributed by atoms with Gasteiger partial charge in [-0.3, -0.25) is 4.79 Å². The molecule has 0 spiro atoms. The number of nitrogen functional groups attached to an aromatic ring is 1. The fourth-order valence-corrected chi connectivity index (χ4v) is 2.25. The van der Waals surface area contributed by atoms with E-state index in [1.165, 1.54) is 19.2 Å². The summed E-state index contributed by atoms with van der Waals surface area (Å²) in [6, 6.07) is 3.00. The molecule has 0 aliphatic heterocycles. The van der Waals surface area contributed by atoms with Crippen LogP contribution in [0.25, 0.3) is 10.9 Å². The van der Waals surface area contributed by atoms with Crippen molar-refractivity contribution in [3.05, 3.63) is 34.4 Å². The summed E-state index contributed by atoms with van der Waals surface area (Å²) in [5.74, 6) is -0.375. The lowest BCUT2D eigenvalue weighted by Gasteiger charge is -2.15. The first-order valence-electron chi connectivity index (χ1n) is 5.80. The monoisotopic (exact) mass is 248 g/mol. The number of methoxy groups -OCH3 is 1. The number of halogens is 1. The molecule has 1 fully saturated rings. The maximum Gasteiger partial charge on any atom is 0.189 e. The molecule has 2 aromatic rings. The second-order valence-corrected chi connectivity index (χ2v) is 4.52. The summed E-state index contributed by atoms with van der Waals surface area (Å²) in [4.78, 5) is 11.8. The molecule has 1 aliphatic carbocycles. The van der Waals surface area contributed by atoms with Gasteiger partial charge in [0.05, 0.1) is 18.0 Å². The summed E-state index contributed by atoms with van der Waals surface area (Å²) in [7, 11) is 1.43. The van der Waals surface area contributed by atoms with E-state index in [1.807, 2.05) is 4.57 Å². The Bertz CT molecular complexity index is 689. The van der Waals surface area contributed by atoms with Gasteiger partial charge < -0.3 is 15.0 Å². The van der Waals surface area contributed by atoms with Crippen molar-refractivity contribution in [3.63, 3.8) is 0 Å². The standard InChI is InChI=1S/C13H13FN2O2/c1-18-13-11(15)9(14)6-8-10(17)4-5-16(12(8)13)7-2-3-7/h4-7H,2-3,15H2,1H3. The van der Waals surface area contributed by atoms with Crippen LogP contribution in [0.4, 0.5) is 10.1 Å². The Labute approximate surface area is 103 Å². The highest BCUT2D eigenvalue weighted by Crippen LogP contribution is 2.41. The molecule has 0 bridgehead atoms. The highest BCUT2D eigenvalue weighted by molar-refractivity contribution is 5.90. The molecule has 1 aromatic heterocycles. The molecular formula is C13H13FN2O2. The van der Waals surface area contributed by atoms with Crippen LogP contribution < -0.4 is 15.9 Å². The molecule has 3 rings (SSSR count). The van der Waals surface area contributed by atoms with Crippen LogP contribution in [0.15, 0.2) is 23.1 Å². The third-order valence-corrected chi connectivity index (χ3v) is 3.30. The maximum absolute atomic E-state index is 13.7. The number of rotatable bonds is 2. The Hall–Kier alpha value is -2.04. The van der Waals surface area contributed by atoms with Gasteiger partial charge in [0.25, 0.3) is 0 Å². The van der Waals surface area contributed by atoms with Crippen molar-refractivity contribution in [1.29, 1.82) is 0 Å². The Morgan fingerprint density at radius 3 is 2.83 bits per heavy atom. The number of hydrogen-bond acceptors (Lipinski definition) is 3. The number of nitrogens with zero attached hydrogens (tertiary/aromatic N) is 1. The number of ether oxygens (including phenoxy) is 1. The van der Waals surface area contributed by atoms with Crippen molar-refractivity contribution >= 4 is 16.6 Å². The van der Waals surface area contributed by atoms with Gasteiger partial charge in [-0.15, -0.1) is 0 Å². The Morgan fingerprint density at radius 2 is 2.22 bits per heavy atom. The summed E-state index contributed by atoms with van der Waals surface area (Å²) in [6.07, 6.45) is 3.83. The number of pyridine rings is 1. The zero-order chi connectivity index (χ0) is 12.9. The number of anilines is 1. The molecule has 1 heterocycles. The molecule has 1 aromatic carbocycles. The SMILES string of the molecule is COc1c(N)c(F)cc2c(=O)ccn(C3CC3)c12. The first-order valence-corrected chi connectivity index (χ1v) is 5.80. The average Bonchev–Trinajstić information content (AvgIpc) is 3.17. The van der Waals surface area contributed by atoms with E-state index >= 15 is 0 Å². The number of aromatic nitrogens is 1. The zero-order valence-corrected chi connectivity index (χ0v) is 9.94. The van der Waals surface area contributed by atoms with E-state index in [-0.39, 0.29) is 16.9 Å². The summed E-state index contributed by atoms with van der Waals surface area (Å²) in [5, 5.41) is 0.313. The van der Waals surface area contributed by atoms with Crippen LogP contribution in [0, 0.1) is 5.82 Å². The normalized spacial score (nSPS) is 15.0. The van der Waals surface area contributed by atoms with Crippen LogP contribution in [0.2, 0.25) is 0 Å². The minimum Gasteiger partial charge on any atom is -0.492 e. The Balaban J connectivity index is 2.49. The van der Waals surface area contributed by atoms with E-state index in [0.717, 1.165) is 12.8 Å². The van der Waals surface area contributed by atoms with Crippen LogP contribution in [0.5, 0.6) is 5.75 Å². The molecule has 5 heteroatoms. The molecule has 1 saturated carbocycles. The minimum absolute atomic E-state index is 0.0509. The summed E-state index contributed by atoms with van der Waals surface area (Å²) in [6.45, 7) is 0. The minimum atomic E-state index is -0.620. The quantitative estimate of drug-likeness (QED) is 0.828. The van der Waals surface area contributed by atoms with E-state index in [2.05, 4.69) is 0 Å². The Morgan fingerprint density at radius 1 is 1.50 bits per heavy atom. The lowest BCUT2D eigenvalue weighted by Crippen LogP contribution is -2.10. The first-order chi connectivity index (χ1) is 8.63. The van der Waals surface area contributed by atoms with Crippen molar-refractivity contribution < 1.29 is 9.13 Å². The third-order valence-electron chi connectivity index (χ3n) is 3.30. The Kier molecular flexibility index (Phi) is 2.29. The number of benzene rings is 1. The van der Waals surface area contributed by atoms with Crippen molar-refractivity contribution in [2.75, 3.05) is 12.8 Å². The lowest BCUT2D eigenvalue weighted by atomic mass is 10.1.